The van der Waals surface area contributed by atoms with Gasteiger partial charge in [0, 0.05) is 13.1 Å². The SMILES string of the molecule is CCC1(C(=O)O)CCN(c2nnccc2C#N)C1. The minimum absolute atomic E-state index is 0.381. The normalized spacial score (nSPS) is 22.8. The number of hydrogen-bond acceptors (Lipinski definition) is 5. The fourth-order valence-electron chi connectivity index (χ4n) is 2.31. The predicted octanol–water partition coefficient (Wildman–Crippen LogP) is 1.04. The second-order valence-electron chi connectivity index (χ2n) is 4.49. The lowest BCUT2D eigenvalue weighted by atomic mass is 9.84. The number of aromatic nitrogens is 2. The van der Waals surface area contributed by atoms with Gasteiger partial charge in [-0.05, 0) is 18.9 Å². The molecule has 2 heterocycles. The van der Waals surface area contributed by atoms with Crippen molar-refractivity contribution in [3.05, 3.63) is 17.8 Å². The van der Waals surface area contributed by atoms with Crippen molar-refractivity contribution in [2.24, 2.45) is 5.41 Å². The van der Waals surface area contributed by atoms with E-state index in [-0.39, 0.29) is 0 Å². The number of hydrogen-bond donors (Lipinski definition) is 1. The summed E-state index contributed by atoms with van der Waals surface area (Å²) in [6.07, 6.45) is 2.60. The molecule has 0 bridgehead atoms. The van der Waals surface area contributed by atoms with E-state index in [1.165, 1.54) is 6.20 Å². The number of nitriles is 1. The largest absolute Gasteiger partial charge is 0.481 e. The van der Waals surface area contributed by atoms with Crippen LogP contribution in [-0.4, -0.2) is 34.4 Å². The van der Waals surface area contributed by atoms with Crippen molar-refractivity contribution in [3.63, 3.8) is 0 Å². The minimum atomic E-state index is -0.783. The van der Waals surface area contributed by atoms with Gasteiger partial charge in [0.05, 0.1) is 17.2 Å². The summed E-state index contributed by atoms with van der Waals surface area (Å²) in [6, 6.07) is 3.65. The molecule has 1 saturated heterocycles. The molecule has 6 heteroatoms. The molecule has 0 spiro atoms. The summed E-state index contributed by atoms with van der Waals surface area (Å²) in [5.41, 5.74) is -0.299. The van der Waals surface area contributed by atoms with Gasteiger partial charge in [0.15, 0.2) is 5.82 Å². The van der Waals surface area contributed by atoms with Crippen molar-refractivity contribution in [2.45, 2.75) is 19.8 Å². The second kappa shape index (κ2) is 4.61. The van der Waals surface area contributed by atoms with Crippen LogP contribution >= 0.6 is 0 Å². The number of rotatable bonds is 3. The van der Waals surface area contributed by atoms with E-state index in [1.54, 1.807) is 6.07 Å². The monoisotopic (exact) mass is 246 g/mol. The summed E-state index contributed by atoms with van der Waals surface area (Å²) >= 11 is 0. The third kappa shape index (κ3) is 1.88. The van der Waals surface area contributed by atoms with E-state index in [4.69, 9.17) is 5.26 Å². The van der Waals surface area contributed by atoms with Crippen LogP contribution in [0.15, 0.2) is 12.3 Å². The molecule has 94 valence electrons. The molecule has 2 rings (SSSR count). The summed E-state index contributed by atoms with van der Waals surface area (Å²) in [4.78, 5) is 13.2. The fourth-order valence-corrected chi connectivity index (χ4v) is 2.31. The number of carbonyl (C=O) groups is 1. The zero-order chi connectivity index (χ0) is 13.2. The van der Waals surface area contributed by atoms with Gasteiger partial charge in [-0.25, -0.2) is 0 Å². The Labute approximate surface area is 105 Å². The van der Waals surface area contributed by atoms with E-state index in [9.17, 15) is 9.90 Å². The summed E-state index contributed by atoms with van der Waals surface area (Å²) in [6.45, 7) is 2.85. The van der Waals surface area contributed by atoms with Crippen molar-refractivity contribution >= 4 is 11.8 Å². The fraction of sp³-hybridized carbons (Fsp3) is 0.500. The molecular formula is C12H14N4O2. The van der Waals surface area contributed by atoms with Crippen LogP contribution < -0.4 is 4.90 Å². The highest BCUT2D eigenvalue weighted by Crippen LogP contribution is 2.36. The number of aliphatic carboxylic acids is 1. The number of nitrogens with zero attached hydrogens (tertiary/aromatic N) is 4. The van der Waals surface area contributed by atoms with Crippen molar-refractivity contribution in [1.29, 1.82) is 5.26 Å². The Morgan fingerprint density at radius 2 is 2.50 bits per heavy atom. The Hall–Kier alpha value is -2.16. The van der Waals surface area contributed by atoms with E-state index >= 15 is 0 Å². The van der Waals surface area contributed by atoms with Gasteiger partial charge in [-0.15, -0.1) is 5.10 Å². The Balaban J connectivity index is 2.29. The molecule has 1 aromatic heterocycles. The lowest BCUT2D eigenvalue weighted by Gasteiger charge is -2.23. The molecule has 18 heavy (non-hydrogen) atoms. The number of anilines is 1. The van der Waals surface area contributed by atoms with Gasteiger partial charge < -0.3 is 10.0 Å². The van der Waals surface area contributed by atoms with Crippen LogP contribution in [0, 0.1) is 16.7 Å². The smallest absolute Gasteiger partial charge is 0.311 e. The first-order valence-electron chi connectivity index (χ1n) is 5.83. The van der Waals surface area contributed by atoms with Crippen molar-refractivity contribution in [1.82, 2.24) is 10.2 Å². The highest BCUT2D eigenvalue weighted by atomic mass is 16.4. The quantitative estimate of drug-likeness (QED) is 0.857. The molecule has 0 amide bonds. The van der Waals surface area contributed by atoms with E-state index in [0.717, 1.165) is 0 Å². The maximum atomic E-state index is 11.4. The lowest BCUT2D eigenvalue weighted by molar-refractivity contribution is -0.147. The maximum Gasteiger partial charge on any atom is 0.311 e. The summed E-state index contributed by atoms with van der Waals surface area (Å²) in [5, 5.41) is 26.1. The molecule has 1 aromatic rings. The van der Waals surface area contributed by atoms with Gasteiger partial charge in [-0.1, -0.05) is 6.92 Å². The zero-order valence-electron chi connectivity index (χ0n) is 10.1. The Morgan fingerprint density at radius 1 is 1.72 bits per heavy atom. The molecule has 0 saturated carbocycles. The average molecular weight is 246 g/mol. The van der Waals surface area contributed by atoms with E-state index in [0.29, 0.717) is 37.3 Å². The lowest BCUT2D eigenvalue weighted by Crippen LogP contribution is -2.34. The van der Waals surface area contributed by atoms with Gasteiger partial charge in [-0.2, -0.15) is 10.4 Å². The highest BCUT2D eigenvalue weighted by molar-refractivity contribution is 5.76. The van der Waals surface area contributed by atoms with E-state index in [1.807, 2.05) is 11.8 Å². The number of carboxylic acid groups (broad SMARTS) is 1. The van der Waals surface area contributed by atoms with E-state index < -0.39 is 11.4 Å². The van der Waals surface area contributed by atoms with Crippen LogP contribution in [-0.2, 0) is 4.79 Å². The summed E-state index contributed by atoms with van der Waals surface area (Å²) < 4.78 is 0. The molecule has 0 aliphatic carbocycles. The van der Waals surface area contributed by atoms with Gasteiger partial charge in [0.1, 0.15) is 6.07 Å². The third-order valence-corrected chi connectivity index (χ3v) is 3.61. The molecule has 1 aliphatic rings. The predicted molar refractivity (Wildman–Crippen MR) is 63.9 cm³/mol. The summed E-state index contributed by atoms with van der Waals surface area (Å²) in [7, 11) is 0. The number of carboxylic acids is 1. The van der Waals surface area contributed by atoms with Crippen LogP contribution in [0.2, 0.25) is 0 Å². The molecule has 6 nitrogen and oxygen atoms in total. The van der Waals surface area contributed by atoms with Crippen LogP contribution in [0.25, 0.3) is 0 Å². The molecule has 1 atom stereocenters. The van der Waals surface area contributed by atoms with Crippen molar-refractivity contribution in [3.8, 4) is 6.07 Å². The standard InChI is InChI=1S/C12H14N4O2/c1-2-12(11(17)18)4-6-16(8-12)10-9(7-13)3-5-14-15-10/h3,5H,2,4,6,8H2,1H3,(H,17,18). The van der Waals surface area contributed by atoms with Gasteiger partial charge >= 0.3 is 5.97 Å². The van der Waals surface area contributed by atoms with Crippen LogP contribution in [0.3, 0.4) is 0 Å². The first-order chi connectivity index (χ1) is 8.63. The Kier molecular flexibility index (Phi) is 3.15. The van der Waals surface area contributed by atoms with Gasteiger partial charge in [0.2, 0.25) is 0 Å². The summed E-state index contributed by atoms with van der Waals surface area (Å²) in [5.74, 6) is -0.300. The molecule has 0 aromatic carbocycles. The zero-order valence-corrected chi connectivity index (χ0v) is 10.1. The van der Waals surface area contributed by atoms with Gasteiger partial charge in [-0.3, -0.25) is 4.79 Å². The third-order valence-electron chi connectivity index (χ3n) is 3.61. The van der Waals surface area contributed by atoms with Crippen LogP contribution in [0.4, 0.5) is 5.82 Å². The average Bonchev–Trinajstić information content (AvgIpc) is 2.84. The minimum Gasteiger partial charge on any atom is -0.481 e. The Bertz CT molecular complexity index is 511. The second-order valence-corrected chi connectivity index (χ2v) is 4.49. The van der Waals surface area contributed by atoms with Gasteiger partial charge in [0.25, 0.3) is 0 Å². The first-order valence-corrected chi connectivity index (χ1v) is 5.83. The Morgan fingerprint density at radius 3 is 3.06 bits per heavy atom. The molecule has 1 unspecified atom stereocenters. The molecule has 1 fully saturated rings. The van der Waals surface area contributed by atoms with Crippen molar-refractivity contribution in [2.75, 3.05) is 18.0 Å². The molecular weight excluding hydrogens is 232 g/mol. The molecule has 1 N–H and O–H groups in total. The van der Waals surface area contributed by atoms with Crippen LogP contribution in [0.5, 0.6) is 0 Å². The van der Waals surface area contributed by atoms with Crippen molar-refractivity contribution < 1.29 is 9.90 Å². The molecule has 0 radical (unpaired) electrons. The van der Waals surface area contributed by atoms with E-state index in [2.05, 4.69) is 16.3 Å². The van der Waals surface area contributed by atoms with Crippen LogP contribution in [0.1, 0.15) is 25.3 Å². The first kappa shape index (κ1) is 12.3. The topological polar surface area (TPSA) is 90.1 Å². The molecule has 1 aliphatic heterocycles. The maximum absolute atomic E-state index is 11.4. The highest BCUT2D eigenvalue weighted by Gasteiger charge is 2.44.